The highest BCUT2D eigenvalue weighted by atomic mass is 32.1. The van der Waals surface area contributed by atoms with Crippen molar-refractivity contribution in [2.24, 2.45) is 0 Å². The number of carbonyl (C=O) groups excluding carboxylic acids is 1. The van der Waals surface area contributed by atoms with Gasteiger partial charge in [0.1, 0.15) is 23.4 Å². The third kappa shape index (κ3) is 3.28. The number of benzene rings is 1. The van der Waals surface area contributed by atoms with E-state index in [0.717, 1.165) is 54.3 Å². The van der Waals surface area contributed by atoms with Crippen molar-refractivity contribution in [3.05, 3.63) is 35.6 Å². The molecule has 2 aliphatic heterocycles. The molecule has 1 aromatic heterocycles. The predicted molar refractivity (Wildman–Crippen MR) is 98.5 cm³/mol. The molecule has 0 saturated carbocycles. The molecule has 2 aromatic rings. The molecule has 132 valence electrons. The van der Waals surface area contributed by atoms with Gasteiger partial charge < -0.3 is 20.3 Å². The summed E-state index contributed by atoms with van der Waals surface area (Å²) in [6.45, 7) is 4.48. The lowest BCUT2D eigenvalue weighted by atomic mass is 10.1. The Morgan fingerprint density at radius 1 is 1.52 bits per heavy atom. The van der Waals surface area contributed by atoms with Gasteiger partial charge in [-0.2, -0.15) is 0 Å². The molecular formula is C18H22N4O2S. The van der Waals surface area contributed by atoms with Crippen LogP contribution < -0.4 is 15.4 Å². The summed E-state index contributed by atoms with van der Waals surface area (Å²) in [6, 6.07) is 5.93. The molecule has 0 radical (unpaired) electrons. The number of ether oxygens (including phenoxy) is 1. The molecule has 7 heteroatoms. The molecule has 2 aliphatic rings. The normalized spacial score (nSPS) is 21.3. The molecule has 25 heavy (non-hydrogen) atoms. The Balaban J connectivity index is 1.37. The van der Waals surface area contributed by atoms with Crippen molar-refractivity contribution in [1.82, 2.24) is 20.5 Å². The van der Waals surface area contributed by atoms with Crippen molar-refractivity contribution in [2.45, 2.75) is 31.9 Å². The molecule has 1 amide bonds. The first-order chi connectivity index (χ1) is 12.2. The van der Waals surface area contributed by atoms with Gasteiger partial charge in [-0.15, -0.1) is 11.3 Å². The molecule has 3 heterocycles. The van der Waals surface area contributed by atoms with Gasteiger partial charge in [-0.3, -0.25) is 4.79 Å². The third-order valence-electron chi connectivity index (χ3n) is 4.57. The summed E-state index contributed by atoms with van der Waals surface area (Å²) >= 11 is 1.63. The summed E-state index contributed by atoms with van der Waals surface area (Å²) in [5.41, 5.74) is 2.79. The Hall–Kier alpha value is -2.28. The van der Waals surface area contributed by atoms with Crippen LogP contribution in [-0.4, -0.2) is 47.6 Å². The molecule has 2 saturated heterocycles. The molecule has 0 bridgehead atoms. The van der Waals surface area contributed by atoms with E-state index < -0.39 is 0 Å². The molecule has 1 aromatic carbocycles. The zero-order valence-corrected chi connectivity index (χ0v) is 15.0. The Bertz CT molecular complexity index is 797. The van der Waals surface area contributed by atoms with Crippen molar-refractivity contribution in [1.29, 1.82) is 0 Å². The number of hydrogen-bond acceptors (Lipinski definition) is 6. The minimum absolute atomic E-state index is 0.0885. The molecule has 6 nitrogen and oxygen atoms in total. The van der Waals surface area contributed by atoms with Gasteiger partial charge in [-0.1, -0.05) is 13.0 Å². The van der Waals surface area contributed by atoms with Crippen LogP contribution in [0.2, 0.25) is 0 Å². The van der Waals surface area contributed by atoms with E-state index >= 15 is 0 Å². The SMILES string of the molecule is CC/C=C(/NC1CCNC1=O)N1CC(Oc2cccc3scnc23)C1. The van der Waals surface area contributed by atoms with E-state index in [0.29, 0.717) is 0 Å². The Morgan fingerprint density at radius 3 is 3.16 bits per heavy atom. The number of likely N-dealkylation sites (tertiary alicyclic amines) is 1. The number of nitrogens with zero attached hydrogens (tertiary/aromatic N) is 2. The highest BCUT2D eigenvalue weighted by Gasteiger charge is 2.33. The van der Waals surface area contributed by atoms with E-state index in [4.69, 9.17) is 4.74 Å². The van der Waals surface area contributed by atoms with E-state index in [-0.39, 0.29) is 18.1 Å². The highest BCUT2D eigenvalue weighted by molar-refractivity contribution is 7.16. The van der Waals surface area contributed by atoms with E-state index in [1.54, 1.807) is 11.3 Å². The van der Waals surface area contributed by atoms with Gasteiger partial charge in [-0.25, -0.2) is 4.98 Å². The molecule has 1 unspecified atom stereocenters. The minimum Gasteiger partial charge on any atom is -0.484 e. The van der Waals surface area contributed by atoms with Crippen LogP contribution in [0.5, 0.6) is 5.75 Å². The van der Waals surface area contributed by atoms with Gasteiger partial charge in [0, 0.05) is 6.54 Å². The summed E-state index contributed by atoms with van der Waals surface area (Å²) < 4.78 is 7.29. The van der Waals surface area contributed by atoms with Crippen molar-refractivity contribution in [2.75, 3.05) is 19.6 Å². The average molecular weight is 358 g/mol. The Labute approximate surface area is 150 Å². The van der Waals surface area contributed by atoms with Crippen LogP contribution in [0.3, 0.4) is 0 Å². The topological polar surface area (TPSA) is 66.5 Å². The van der Waals surface area contributed by atoms with Gasteiger partial charge >= 0.3 is 0 Å². The highest BCUT2D eigenvalue weighted by Crippen LogP contribution is 2.29. The first kappa shape index (κ1) is 16.2. The van der Waals surface area contributed by atoms with Gasteiger partial charge in [-0.05, 0) is 31.1 Å². The summed E-state index contributed by atoms with van der Waals surface area (Å²) in [5, 5.41) is 6.26. The number of aromatic nitrogens is 1. The van der Waals surface area contributed by atoms with Gasteiger partial charge in [0.15, 0.2) is 0 Å². The lowest BCUT2D eigenvalue weighted by Crippen LogP contribution is -2.56. The van der Waals surface area contributed by atoms with Crippen LogP contribution in [-0.2, 0) is 4.79 Å². The average Bonchev–Trinajstić information content (AvgIpc) is 3.20. The maximum atomic E-state index is 11.8. The third-order valence-corrected chi connectivity index (χ3v) is 5.37. The van der Waals surface area contributed by atoms with Crippen LogP contribution in [0.4, 0.5) is 0 Å². The fraction of sp³-hybridized carbons (Fsp3) is 0.444. The first-order valence-electron chi connectivity index (χ1n) is 8.73. The molecule has 4 rings (SSSR count). The molecule has 2 fully saturated rings. The number of thiazole rings is 1. The number of allylic oxidation sites excluding steroid dienone is 1. The van der Waals surface area contributed by atoms with Crippen LogP contribution in [0.1, 0.15) is 19.8 Å². The Kier molecular flexibility index (Phi) is 4.48. The van der Waals surface area contributed by atoms with Crippen molar-refractivity contribution in [3.63, 3.8) is 0 Å². The lowest BCUT2D eigenvalue weighted by molar-refractivity contribution is -0.120. The molecule has 2 N–H and O–H groups in total. The first-order valence-corrected chi connectivity index (χ1v) is 9.60. The number of amides is 1. The number of carbonyl (C=O) groups is 1. The largest absolute Gasteiger partial charge is 0.484 e. The summed E-state index contributed by atoms with van der Waals surface area (Å²) in [7, 11) is 0. The second-order valence-corrected chi connectivity index (χ2v) is 7.26. The number of fused-ring (bicyclic) bond motifs is 1. The van der Waals surface area contributed by atoms with E-state index in [1.165, 1.54) is 0 Å². The summed E-state index contributed by atoms with van der Waals surface area (Å²) in [5.74, 6) is 1.98. The zero-order chi connectivity index (χ0) is 17.2. The smallest absolute Gasteiger partial charge is 0.242 e. The fourth-order valence-electron chi connectivity index (χ4n) is 3.23. The second kappa shape index (κ2) is 6.92. The maximum Gasteiger partial charge on any atom is 0.242 e. The number of para-hydroxylation sites is 1. The molecule has 1 atom stereocenters. The van der Waals surface area contributed by atoms with Crippen molar-refractivity contribution < 1.29 is 9.53 Å². The predicted octanol–water partition coefficient (Wildman–Crippen LogP) is 2.09. The van der Waals surface area contributed by atoms with Gasteiger partial charge in [0.05, 0.1) is 29.1 Å². The van der Waals surface area contributed by atoms with E-state index in [1.807, 2.05) is 17.6 Å². The number of nitrogens with one attached hydrogen (secondary N) is 2. The monoisotopic (exact) mass is 358 g/mol. The lowest BCUT2D eigenvalue weighted by Gasteiger charge is -2.42. The van der Waals surface area contributed by atoms with Crippen LogP contribution in [0.15, 0.2) is 35.6 Å². The maximum absolute atomic E-state index is 11.8. The van der Waals surface area contributed by atoms with E-state index in [2.05, 4.69) is 39.6 Å². The summed E-state index contributed by atoms with van der Waals surface area (Å²) in [6.07, 6.45) is 4.05. The number of rotatable bonds is 6. The quantitative estimate of drug-likeness (QED) is 0.828. The Morgan fingerprint density at radius 2 is 2.40 bits per heavy atom. The van der Waals surface area contributed by atoms with Crippen LogP contribution in [0.25, 0.3) is 10.2 Å². The summed E-state index contributed by atoms with van der Waals surface area (Å²) in [4.78, 5) is 18.4. The second-order valence-electron chi connectivity index (χ2n) is 6.37. The van der Waals surface area contributed by atoms with Crippen molar-refractivity contribution in [3.8, 4) is 5.75 Å². The molecular weight excluding hydrogens is 336 g/mol. The van der Waals surface area contributed by atoms with Crippen LogP contribution >= 0.6 is 11.3 Å². The van der Waals surface area contributed by atoms with Crippen molar-refractivity contribution >= 4 is 27.5 Å². The van der Waals surface area contributed by atoms with Gasteiger partial charge in [0.25, 0.3) is 0 Å². The van der Waals surface area contributed by atoms with Gasteiger partial charge in [0.2, 0.25) is 5.91 Å². The minimum atomic E-state index is -0.124. The number of hydrogen-bond donors (Lipinski definition) is 2. The van der Waals surface area contributed by atoms with Crippen LogP contribution in [0, 0.1) is 0 Å². The molecule has 0 aliphatic carbocycles. The van der Waals surface area contributed by atoms with E-state index in [9.17, 15) is 4.79 Å². The standard InChI is InChI=1S/C18H22N4O2S/c1-2-4-16(21-13-7-8-19-18(13)23)22-9-12(10-22)24-14-5-3-6-15-17(14)20-11-25-15/h3-6,11-13,21H,2,7-10H2,1H3,(H,19,23)/b16-4-. The fourth-order valence-corrected chi connectivity index (χ4v) is 3.92. The zero-order valence-electron chi connectivity index (χ0n) is 14.2. The molecule has 0 spiro atoms.